The van der Waals surface area contributed by atoms with Crippen molar-refractivity contribution >= 4 is 5.91 Å². The summed E-state index contributed by atoms with van der Waals surface area (Å²) >= 11 is 0. The lowest BCUT2D eigenvalue weighted by Crippen LogP contribution is -2.37. The number of hydrogen-bond acceptors (Lipinski definition) is 3. The van der Waals surface area contributed by atoms with Crippen LogP contribution in [0.2, 0.25) is 0 Å². The zero-order valence-corrected chi connectivity index (χ0v) is 11.9. The van der Waals surface area contributed by atoms with Crippen LogP contribution < -0.4 is 11.1 Å². The summed E-state index contributed by atoms with van der Waals surface area (Å²) in [5.74, 6) is 6.10. The van der Waals surface area contributed by atoms with Crippen molar-refractivity contribution in [1.82, 2.24) is 10.3 Å². The molecule has 0 aromatic carbocycles. The molecule has 0 spiro atoms. The third-order valence-corrected chi connectivity index (χ3v) is 3.81. The normalized spacial score (nSPS) is 16.3. The highest BCUT2D eigenvalue weighted by atomic mass is 16.1. The second-order valence-corrected chi connectivity index (χ2v) is 5.21. The Balaban J connectivity index is 2.08. The summed E-state index contributed by atoms with van der Waals surface area (Å²) in [6, 6.07) is 3.75. The fraction of sp³-hybridized carbons (Fsp3) is 0.500. The fourth-order valence-corrected chi connectivity index (χ4v) is 2.68. The minimum Gasteiger partial charge on any atom is -0.348 e. The smallest absolute Gasteiger partial charge is 0.271 e. The van der Waals surface area contributed by atoms with Crippen LogP contribution in [0.25, 0.3) is 0 Å². The molecule has 3 N–H and O–H groups in total. The van der Waals surface area contributed by atoms with Gasteiger partial charge in [-0.25, -0.2) is 4.98 Å². The van der Waals surface area contributed by atoms with E-state index in [0.717, 1.165) is 0 Å². The number of rotatable bonds is 3. The highest BCUT2D eigenvalue weighted by molar-refractivity contribution is 5.94. The second-order valence-electron chi connectivity index (χ2n) is 5.21. The Morgan fingerprint density at radius 2 is 2.30 bits per heavy atom. The van der Waals surface area contributed by atoms with Crippen LogP contribution >= 0.6 is 0 Å². The molecule has 0 saturated heterocycles. The Kier molecular flexibility index (Phi) is 5.14. The molecule has 1 unspecified atom stereocenters. The summed E-state index contributed by atoms with van der Waals surface area (Å²) in [5, 5.41) is 3.05. The highest BCUT2D eigenvalue weighted by Gasteiger charge is 2.24. The number of nitrogens with two attached hydrogens (primary N) is 1. The van der Waals surface area contributed by atoms with Gasteiger partial charge in [-0.3, -0.25) is 4.79 Å². The molecule has 1 aromatic heterocycles. The number of pyridine rings is 1. The van der Waals surface area contributed by atoms with Crippen LogP contribution in [0.1, 0.15) is 48.7 Å². The average molecular weight is 271 g/mol. The fourth-order valence-electron chi connectivity index (χ4n) is 2.68. The standard InChI is InChI=1S/C16H21N3O/c1-12(13-6-2-3-7-13)19-16(20)15-14(8-4-10-17)9-5-11-18-15/h5,9,11-13H,2-3,6-7,10,17H2,1H3,(H,19,20). The monoisotopic (exact) mass is 271 g/mol. The number of hydrogen-bond donors (Lipinski definition) is 2. The average Bonchev–Trinajstić information content (AvgIpc) is 2.99. The maximum atomic E-state index is 12.3. The maximum absolute atomic E-state index is 12.3. The molecule has 0 aliphatic heterocycles. The van der Waals surface area contributed by atoms with E-state index in [1.807, 2.05) is 0 Å². The predicted molar refractivity (Wildman–Crippen MR) is 79.1 cm³/mol. The molecule has 20 heavy (non-hydrogen) atoms. The number of carbonyl (C=O) groups is 1. The number of carbonyl (C=O) groups excluding carboxylic acids is 1. The van der Waals surface area contributed by atoms with E-state index in [-0.39, 0.29) is 18.5 Å². The van der Waals surface area contributed by atoms with Crippen LogP contribution in [-0.4, -0.2) is 23.5 Å². The largest absolute Gasteiger partial charge is 0.348 e. The summed E-state index contributed by atoms with van der Waals surface area (Å²) in [7, 11) is 0. The molecule has 1 amide bonds. The van der Waals surface area contributed by atoms with Gasteiger partial charge < -0.3 is 11.1 Å². The zero-order chi connectivity index (χ0) is 14.4. The number of aromatic nitrogens is 1. The topological polar surface area (TPSA) is 68.0 Å². The van der Waals surface area contributed by atoms with Gasteiger partial charge >= 0.3 is 0 Å². The van der Waals surface area contributed by atoms with Crippen LogP contribution in [0.3, 0.4) is 0 Å². The van der Waals surface area contributed by atoms with Gasteiger partial charge in [-0.05, 0) is 37.8 Å². The van der Waals surface area contributed by atoms with Gasteiger partial charge in [-0.15, -0.1) is 0 Å². The van der Waals surface area contributed by atoms with Crippen molar-refractivity contribution in [1.29, 1.82) is 0 Å². The van der Waals surface area contributed by atoms with Crippen molar-refractivity contribution in [2.45, 2.75) is 38.6 Å². The van der Waals surface area contributed by atoms with Crippen LogP contribution in [-0.2, 0) is 0 Å². The summed E-state index contributed by atoms with van der Waals surface area (Å²) in [5.41, 5.74) is 6.39. The first-order chi connectivity index (χ1) is 9.72. The van der Waals surface area contributed by atoms with Crippen molar-refractivity contribution in [3.05, 3.63) is 29.6 Å². The molecule has 1 heterocycles. The molecule has 1 saturated carbocycles. The van der Waals surface area contributed by atoms with Crippen molar-refractivity contribution in [2.75, 3.05) is 6.54 Å². The Morgan fingerprint density at radius 1 is 1.55 bits per heavy atom. The molecule has 0 bridgehead atoms. The van der Waals surface area contributed by atoms with E-state index in [4.69, 9.17) is 5.73 Å². The van der Waals surface area contributed by atoms with Crippen LogP contribution in [0.4, 0.5) is 0 Å². The van der Waals surface area contributed by atoms with Gasteiger partial charge in [0, 0.05) is 12.2 Å². The molecule has 2 rings (SSSR count). The van der Waals surface area contributed by atoms with Crippen molar-refractivity contribution in [2.24, 2.45) is 11.7 Å². The molecule has 4 nitrogen and oxygen atoms in total. The van der Waals surface area contributed by atoms with Gasteiger partial charge in [-0.1, -0.05) is 24.7 Å². The molecule has 1 fully saturated rings. The van der Waals surface area contributed by atoms with Crippen molar-refractivity contribution < 1.29 is 4.79 Å². The zero-order valence-electron chi connectivity index (χ0n) is 11.9. The summed E-state index contributed by atoms with van der Waals surface area (Å²) in [4.78, 5) is 16.5. The number of nitrogens with one attached hydrogen (secondary N) is 1. The molecule has 4 heteroatoms. The first-order valence-corrected chi connectivity index (χ1v) is 7.17. The number of nitrogens with zero attached hydrogens (tertiary/aromatic N) is 1. The second kappa shape index (κ2) is 7.06. The van der Waals surface area contributed by atoms with E-state index in [1.165, 1.54) is 25.7 Å². The SMILES string of the molecule is CC(NC(=O)c1ncccc1C#CCN)C1CCCC1. The van der Waals surface area contributed by atoms with Crippen LogP contribution in [0.5, 0.6) is 0 Å². The summed E-state index contributed by atoms with van der Waals surface area (Å²) in [6.45, 7) is 2.34. The van der Waals surface area contributed by atoms with E-state index in [1.54, 1.807) is 18.3 Å². The van der Waals surface area contributed by atoms with Crippen molar-refractivity contribution in [3.8, 4) is 11.8 Å². The Hall–Kier alpha value is -1.86. The highest BCUT2D eigenvalue weighted by Crippen LogP contribution is 2.27. The van der Waals surface area contributed by atoms with Crippen LogP contribution in [0.15, 0.2) is 18.3 Å². The van der Waals surface area contributed by atoms with Gasteiger partial charge in [-0.2, -0.15) is 0 Å². The predicted octanol–water partition coefficient (Wildman–Crippen LogP) is 1.70. The van der Waals surface area contributed by atoms with E-state index < -0.39 is 0 Å². The van der Waals surface area contributed by atoms with Gasteiger partial charge in [0.15, 0.2) is 0 Å². The molecule has 0 radical (unpaired) electrons. The Morgan fingerprint density at radius 3 is 3.00 bits per heavy atom. The van der Waals surface area contributed by atoms with Crippen molar-refractivity contribution in [3.63, 3.8) is 0 Å². The lowest BCUT2D eigenvalue weighted by molar-refractivity contribution is 0.0922. The minimum absolute atomic E-state index is 0.147. The van der Waals surface area contributed by atoms with E-state index in [2.05, 4.69) is 29.1 Å². The van der Waals surface area contributed by atoms with Gasteiger partial charge in [0.05, 0.1) is 12.1 Å². The third-order valence-electron chi connectivity index (χ3n) is 3.81. The molecule has 1 aromatic rings. The van der Waals surface area contributed by atoms with Gasteiger partial charge in [0.2, 0.25) is 0 Å². The molecule has 1 aliphatic carbocycles. The van der Waals surface area contributed by atoms with E-state index in [0.29, 0.717) is 17.2 Å². The summed E-state index contributed by atoms with van der Waals surface area (Å²) < 4.78 is 0. The maximum Gasteiger partial charge on any atom is 0.271 e. The molecule has 106 valence electrons. The van der Waals surface area contributed by atoms with Gasteiger partial charge in [0.1, 0.15) is 5.69 Å². The summed E-state index contributed by atoms with van der Waals surface area (Å²) in [6.07, 6.45) is 6.54. The van der Waals surface area contributed by atoms with Crippen LogP contribution in [0, 0.1) is 17.8 Å². The van der Waals surface area contributed by atoms with Gasteiger partial charge in [0.25, 0.3) is 5.91 Å². The third kappa shape index (κ3) is 3.58. The Bertz CT molecular complexity index is 524. The Labute approximate surface area is 120 Å². The van der Waals surface area contributed by atoms with E-state index in [9.17, 15) is 4.79 Å². The lowest BCUT2D eigenvalue weighted by Gasteiger charge is -2.20. The minimum atomic E-state index is -0.147. The molecule has 1 aliphatic rings. The first kappa shape index (κ1) is 14.5. The first-order valence-electron chi connectivity index (χ1n) is 7.17. The molecule has 1 atom stereocenters. The van der Waals surface area contributed by atoms with E-state index >= 15 is 0 Å². The lowest BCUT2D eigenvalue weighted by atomic mass is 9.99. The molecular weight excluding hydrogens is 250 g/mol. The number of amides is 1. The quantitative estimate of drug-likeness (QED) is 0.822. The molecular formula is C16H21N3O.